The van der Waals surface area contributed by atoms with Gasteiger partial charge in [0.2, 0.25) is 11.8 Å². The van der Waals surface area contributed by atoms with Crippen LogP contribution in [-0.4, -0.2) is 46.8 Å². The van der Waals surface area contributed by atoms with Gasteiger partial charge >= 0.3 is 5.97 Å². The Morgan fingerprint density at radius 2 is 1.83 bits per heavy atom. The van der Waals surface area contributed by atoms with Crippen molar-refractivity contribution in [3.05, 3.63) is 95.0 Å². The average Bonchev–Trinajstić information content (AvgIpc) is 2.88. The Labute approximate surface area is 218 Å². The molecule has 0 aliphatic carbocycles. The molecule has 4 rings (SSSR count). The number of thioether (sulfide) groups is 1. The molecule has 1 aliphatic rings. The molecule has 0 aromatic heterocycles. The lowest BCUT2D eigenvalue weighted by atomic mass is 10.1. The van der Waals surface area contributed by atoms with Crippen LogP contribution in [0.1, 0.15) is 22.3 Å². The molecule has 0 bridgehead atoms. The number of esters is 1. The molecule has 1 saturated heterocycles. The first-order valence-electron chi connectivity index (χ1n) is 11.3. The van der Waals surface area contributed by atoms with Crippen molar-refractivity contribution in [3.8, 4) is 0 Å². The Bertz CT molecular complexity index is 1280. The number of amidine groups is 1. The number of anilines is 1. The standard InChI is InChI=1S/C27H24ClN3O4S/c1-35-26(34)19-10-12-21(13-11-19)29-25(33)23-17-24(32)31(15-14-18-6-3-2-4-7-18)27(36-23)30-22-9-5-8-20(28)16-22/h2-13,16,23H,14-15,17H2,1H3,(H,29,33)/t23-/m0/s1. The number of nitrogens with zero attached hydrogens (tertiary/aromatic N) is 2. The summed E-state index contributed by atoms with van der Waals surface area (Å²) in [5, 5.41) is 3.14. The number of methoxy groups -OCH3 is 1. The van der Waals surface area contributed by atoms with E-state index >= 15 is 0 Å². The molecule has 9 heteroatoms. The van der Waals surface area contributed by atoms with Crippen LogP contribution in [-0.2, 0) is 20.7 Å². The molecule has 3 aromatic carbocycles. The predicted molar refractivity (Wildman–Crippen MR) is 143 cm³/mol. The lowest BCUT2D eigenvalue weighted by molar-refractivity contribution is -0.129. The number of hydrogen-bond acceptors (Lipinski definition) is 6. The Kier molecular flexibility index (Phi) is 8.40. The second kappa shape index (κ2) is 11.9. The van der Waals surface area contributed by atoms with Gasteiger partial charge < -0.3 is 10.1 Å². The van der Waals surface area contributed by atoms with Gasteiger partial charge in [-0.1, -0.05) is 59.8 Å². The number of rotatable bonds is 7. The highest BCUT2D eigenvalue weighted by atomic mass is 35.5. The smallest absolute Gasteiger partial charge is 0.337 e. The minimum Gasteiger partial charge on any atom is -0.465 e. The summed E-state index contributed by atoms with van der Waals surface area (Å²) in [5.74, 6) is -0.953. The fraction of sp³-hybridized carbons (Fsp3) is 0.185. The molecule has 1 heterocycles. The molecule has 2 amide bonds. The second-order valence-corrected chi connectivity index (χ2v) is 9.63. The van der Waals surface area contributed by atoms with Crippen LogP contribution < -0.4 is 5.32 Å². The zero-order valence-electron chi connectivity index (χ0n) is 19.5. The summed E-state index contributed by atoms with van der Waals surface area (Å²) in [6.07, 6.45) is 0.700. The van der Waals surface area contributed by atoms with Gasteiger partial charge in [0.05, 0.1) is 18.4 Å². The minimum absolute atomic E-state index is 0.0418. The summed E-state index contributed by atoms with van der Waals surface area (Å²) < 4.78 is 4.70. The SMILES string of the molecule is COC(=O)c1ccc(NC(=O)[C@@H]2CC(=O)N(CCc3ccccc3)C(=Nc3cccc(Cl)c3)S2)cc1. The summed E-state index contributed by atoms with van der Waals surface area (Å²) in [4.78, 5) is 44.2. The topological polar surface area (TPSA) is 88.1 Å². The number of nitrogens with one attached hydrogen (secondary N) is 1. The summed E-state index contributed by atoms with van der Waals surface area (Å²) >= 11 is 7.37. The van der Waals surface area contributed by atoms with E-state index in [9.17, 15) is 14.4 Å². The number of hydrogen-bond donors (Lipinski definition) is 1. The summed E-state index contributed by atoms with van der Waals surface area (Å²) in [6.45, 7) is 0.443. The lowest BCUT2D eigenvalue weighted by Gasteiger charge is -2.32. The van der Waals surface area contributed by atoms with Gasteiger partial charge in [-0.15, -0.1) is 0 Å². The zero-order chi connectivity index (χ0) is 25.5. The van der Waals surface area contributed by atoms with Crippen LogP contribution in [0.3, 0.4) is 0 Å². The maximum absolute atomic E-state index is 13.2. The van der Waals surface area contributed by atoms with Gasteiger partial charge in [0, 0.05) is 23.7 Å². The number of benzene rings is 3. The van der Waals surface area contributed by atoms with E-state index < -0.39 is 11.2 Å². The van der Waals surface area contributed by atoms with E-state index in [-0.39, 0.29) is 18.2 Å². The number of aliphatic imine (C=N–C) groups is 1. The van der Waals surface area contributed by atoms with E-state index in [4.69, 9.17) is 16.3 Å². The minimum atomic E-state index is -0.663. The van der Waals surface area contributed by atoms with Gasteiger partial charge in [0.25, 0.3) is 0 Å². The normalized spacial score (nSPS) is 16.6. The zero-order valence-corrected chi connectivity index (χ0v) is 21.1. The van der Waals surface area contributed by atoms with Crippen LogP contribution in [0.15, 0.2) is 83.9 Å². The van der Waals surface area contributed by atoms with E-state index in [1.165, 1.54) is 18.9 Å². The van der Waals surface area contributed by atoms with Crippen molar-refractivity contribution in [1.29, 1.82) is 0 Å². The first-order chi connectivity index (χ1) is 17.4. The molecule has 1 N–H and O–H groups in total. The quantitative estimate of drug-likeness (QED) is 0.424. The maximum Gasteiger partial charge on any atom is 0.337 e. The lowest BCUT2D eigenvalue weighted by Crippen LogP contribution is -2.46. The van der Waals surface area contributed by atoms with Crippen molar-refractivity contribution in [3.63, 3.8) is 0 Å². The monoisotopic (exact) mass is 521 g/mol. The van der Waals surface area contributed by atoms with Crippen LogP contribution in [0.2, 0.25) is 5.02 Å². The van der Waals surface area contributed by atoms with E-state index in [1.807, 2.05) is 30.3 Å². The van der Waals surface area contributed by atoms with Gasteiger partial charge in [-0.2, -0.15) is 0 Å². The van der Waals surface area contributed by atoms with Gasteiger partial charge in [-0.25, -0.2) is 9.79 Å². The van der Waals surface area contributed by atoms with Crippen molar-refractivity contribution in [2.45, 2.75) is 18.1 Å². The molecular weight excluding hydrogens is 498 g/mol. The summed E-state index contributed by atoms with van der Waals surface area (Å²) in [5.41, 5.74) is 2.60. The molecule has 0 unspecified atom stereocenters. The van der Waals surface area contributed by atoms with Crippen molar-refractivity contribution < 1.29 is 19.1 Å². The van der Waals surface area contributed by atoms with E-state index in [1.54, 1.807) is 53.4 Å². The van der Waals surface area contributed by atoms with E-state index in [2.05, 4.69) is 10.3 Å². The number of ether oxygens (including phenoxy) is 1. The fourth-order valence-corrected chi connectivity index (χ4v) is 4.94. The number of carbonyl (C=O) groups is 3. The van der Waals surface area contributed by atoms with Crippen molar-refractivity contribution >= 4 is 57.7 Å². The number of carbonyl (C=O) groups excluding carboxylic acids is 3. The Morgan fingerprint density at radius 1 is 1.08 bits per heavy atom. The summed E-state index contributed by atoms with van der Waals surface area (Å²) in [7, 11) is 1.31. The maximum atomic E-state index is 13.2. The molecule has 0 radical (unpaired) electrons. The highest BCUT2D eigenvalue weighted by Crippen LogP contribution is 2.31. The molecule has 184 valence electrons. The third kappa shape index (κ3) is 6.53. The third-order valence-electron chi connectivity index (χ3n) is 5.51. The molecule has 1 fully saturated rings. The van der Waals surface area contributed by atoms with Crippen molar-refractivity contribution in [2.24, 2.45) is 4.99 Å². The van der Waals surface area contributed by atoms with Crippen LogP contribution in [0.4, 0.5) is 11.4 Å². The molecule has 1 aliphatic heterocycles. The van der Waals surface area contributed by atoms with Crippen LogP contribution in [0, 0.1) is 0 Å². The third-order valence-corrected chi connectivity index (χ3v) is 6.93. The molecule has 36 heavy (non-hydrogen) atoms. The largest absolute Gasteiger partial charge is 0.465 e. The molecule has 0 saturated carbocycles. The van der Waals surface area contributed by atoms with E-state index in [0.717, 1.165) is 5.56 Å². The fourth-order valence-electron chi connectivity index (χ4n) is 3.63. The first-order valence-corrected chi connectivity index (χ1v) is 12.5. The molecule has 1 atom stereocenters. The summed E-state index contributed by atoms with van der Waals surface area (Å²) in [6, 6.07) is 23.3. The van der Waals surface area contributed by atoms with Gasteiger partial charge in [0.1, 0.15) is 5.25 Å². The first kappa shape index (κ1) is 25.5. The Morgan fingerprint density at radius 3 is 2.53 bits per heavy atom. The Balaban J connectivity index is 1.52. The van der Waals surface area contributed by atoms with Crippen molar-refractivity contribution in [2.75, 3.05) is 19.0 Å². The van der Waals surface area contributed by atoms with Crippen LogP contribution >= 0.6 is 23.4 Å². The number of amides is 2. The second-order valence-electron chi connectivity index (χ2n) is 8.02. The molecule has 0 spiro atoms. The van der Waals surface area contributed by atoms with Crippen LogP contribution in [0.5, 0.6) is 0 Å². The Hall–Kier alpha value is -3.62. The molecule has 3 aromatic rings. The van der Waals surface area contributed by atoms with Crippen LogP contribution in [0.25, 0.3) is 0 Å². The van der Waals surface area contributed by atoms with Crippen molar-refractivity contribution in [1.82, 2.24) is 4.90 Å². The van der Waals surface area contributed by atoms with Gasteiger partial charge in [0.15, 0.2) is 5.17 Å². The highest BCUT2D eigenvalue weighted by Gasteiger charge is 2.35. The molecule has 7 nitrogen and oxygen atoms in total. The average molecular weight is 522 g/mol. The van der Waals surface area contributed by atoms with E-state index in [0.29, 0.717) is 40.1 Å². The number of halogens is 1. The van der Waals surface area contributed by atoms with Gasteiger partial charge in [-0.05, 0) is 54.4 Å². The molecular formula is C27H24ClN3O4S. The van der Waals surface area contributed by atoms with Gasteiger partial charge in [-0.3, -0.25) is 14.5 Å². The predicted octanol–water partition coefficient (Wildman–Crippen LogP) is 5.33. The highest BCUT2D eigenvalue weighted by molar-refractivity contribution is 8.15.